The third kappa shape index (κ3) is 5.80. The van der Waals surface area contributed by atoms with E-state index in [2.05, 4.69) is 15.2 Å². The molecule has 0 spiro atoms. The molecule has 30 heavy (non-hydrogen) atoms. The Balaban J connectivity index is 1.69. The Hall–Kier alpha value is -1.97. The highest BCUT2D eigenvalue weighted by Crippen LogP contribution is 2.31. The molecular formula is C21H32FN3O5. The molecule has 0 unspecified atom stereocenters. The number of hydrogen-bond acceptors (Lipinski definition) is 7. The van der Waals surface area contributed by atoms with Crippen LogP contribution in [-0.4, -0.2) is 82.9 Å². The normalized spacial score (nSPS) is 18.1. The number of alkyl halides is 1. The van der Waals surface area contributed by atoms with E-state index in [4.69, 9.17) is 18.9 Å². The van der Waals surface area contributed by atoms with Crippen molar-refractivity contribution >= 4 is 11.6 Å². The largest absolute Gasteiger partial charge is 0.476 e. The summed E-state index contributed by atoms with van der Waals surface area (Å²) in [5.74, 6) is 0.616. The summed E-state index contributed by atoms with van der Waals surface area (Å²) in [6.45, 7) is 7.06. The molecule has 1 aromatic rings. The highest BCUT2D eigenvalue weighted by Gasteiger charge is 2.30. The van der Waals surface area contributed by atoms with Crippen molar-refractivity contribution in [1.82, 2.24) is 10.3 Å². The van der Waals surface area contributed by atoms with Gasteiger partial charge in [0.05, 0.1) is 45.2 Å². The lowest BCUT2D eigenvalue weighted by Gasteiger charge is -2.40. The van der Waals surface area contributed by atoms with Gasteiger partial charge in [-0.2, -0.15) is 0 Å². The van der Waals surface area contributed by atoms with Gasteiger partial charge in [-0.1, -0.05) is 13.8 Å². The van der Waals surface area contributed by atoms with Crippen molar-refractivity contribution in [1.29, 1.82) is 0 Å². The fourth-order valence-corrected chi connectivity index (χ4v) is 3.18. The summed E-state index contributed by atoms with van der Waals surface area (Å²) in [5, 5.41) is 2.94. The van der Waals surface area contributed by atoms with E-state index in [1.807, 2.05) is 19.9 Å². The van der Waals surface area contributed by atoms with Crippen LogP contribution in [0.3, 0.4) is 0 Å². The van der Waals surface area contributed by atoms with Crippen LogP contribution in [0.5, 0.6) is 5.88 Å². The molecule has 2 fully saturated rings. The van der Waals surface area contributed by atoms with E-state index in [9.17, 15) is 9.18 Å². The second-order valence-corrected chi connectivity index (χ2v) is 8.09. The Morgan fingerprint density at radius 2 is 2.13 bits per heavy atom. The molecule has 0 aromatic carbocycles. The first kappa shape index (κ1) is 22.7. The van der Waals surface area contributed by atoms with Crippen LogP contribution in [0.4, 0.5) is 10.1 Å². The van der Waals surface area contributed by atoms with Crippen LogP contribution < -0.4 is 15.0 Å². The number of anilines is 1. The van der Waals surface area contributed by atoms with Crippen molar-refractivity contribution in [3.63, 3.8) is 0 Å². The Kier molecular flexibility index (Phi) is 8.24. The maximum Gasteiger partial charge on any atom is 0.270 e. The minimum absolute atomic E-state index is 0.0210. The number of aromatic nitrogens is 1. The smallest absolute Gasteiger partial charge is 0.270 e. The molecule has 0 aliphatic carbocycles. The Labute approximate surface area is 177 Å². The summed E-state index contributed by atoms with van der Waals surface area (Å²) in [5.41, 5.74) is 1.13. The summed E-state index contributed by atoms with van der Waals surface area (Å²) in [7, 11) is 1.70. The first-order valence-electron chi connectivity index (χ1n) is 10.5. The predicted molar refractivity (Wildman–Crippen MR) is 110 cm³/mol. The van der Waals surface area contributed by atoms with Gasteiger partial charge in [-0.05, 0) is 18.1 Å². The molecule has 0 saturated carbocycles. The molecule has 2 aliphatic heterocycles. The number of pyridine rings is 1. The quantitative estimate of drug-likeness (QED) is 0.510. The van der Waals surface area contributed by atoms with Crippen molar-refractivity contribution in [3.8, 4) is 5.88 Å². The number of nitrogens with one attached hydrogen (secondary N) is 1. The van der Waals surface area contributed by atoms with E-state index < -0.39 is 6.67 Å². The van der Waals surface area contributed by atoms with Crippen LogP contribution >= 0.6 is 0 Å². The monoisotopic (exact) mass is 425 g/mol. The van der Waals surface area contributed by atoms with Crippen molar-refractivity contribution in [3.05, 3.63) is 17.8 Å². The van der Waals surface area contributed by atoms with Gasteiger partial charge in [0.2, 0.25) is 5.88 Å². The minimum atomic E-state index is -0.547. The summed E-state index contributed by atoms with van der Waals surface area (Å²) in [6, 6.07) is 3.33. The molecule has 2 saturated heterocycles. The Morgan fingerprint density at radius 1 is 1.37 bits per heavy atom. The molecule has 1 amide bonds. The van der Waals surface area contributed by atoms with Gasteiger partial charge in [-0.25, -0.2) is 9.37 Å². The highest BCUT2D eigenvalue weighted by molar-refractivity contribution is 5.93. The number of methoxy groups -OCH3 is 1. The van der Waals surface area contributed by atoms with Gasteiger partial charge in [-0.3, -0.25) is 4.79 Å². The fourth-order valence-electron chi connectivity index (χ4n) is 3.18. The number of rotatable bonds is 12. The molecule has 2 aliphatic rings. The number of amides is 1. The van der Waals surface area contributed by atoms with Gasteiger partial charge in [0.25, 0.3) is 5.91 Å². The van der Waals surface area contributed by atoms with Crippen molar-refractivity contribution in [2.24, 2.45) is 11.8 Å². The van der Waals surface area contributed by atoms with Crippen molar-refractivity contribution in [2.75, 3.05) is 64.8 Å². The lowest BCUT2D eigenvalue weighted by atomic mass is 10.1. The van der Waals surface area contributed by atoms with Crippen LogP contribution in [0, 0.1) is 11.8 Å². The second-order valence-electron chi connectivity index (χ2n) is 8.09. The molecular weight excluding hydrogens is 393 g/mol. The standard InChI is InChI=1S/C21H32FN3O5/c1-14(2)18(13-28-7-6-22)23-20(26)17-4-5-19(25-8-16(9-25)27-3)21(24-17)30-12-15-10-29-11-15/h4-5,14-16,18H,6-13H2,1-3H3,(H,23,26)/t18-/m1/s1. The SMILES string of the molecule is COC1CN(c2ccc(C(=O)N[C@H](COCCF)C(C)C)nc2OCC2COC2)C1. The zero-order valence-corrected chi connectivity index (χ0v) is 17.9. The average Bonchev–Trinajstić information content (AvgIpc) is 2.65. The van der Waals surface area contributed by atoms with E-state index >= 15 is 0 Å². The summed E-state index contributed by atoms with van der Waals surface area (Å²) >= 11 is 0. The van der Waals surface area contributed by atoms with Crippen LogP contribution in [0.1, 0.15) is 24.3 Å². The number of carbonyl (C=O) groups excluding carboxylic acids is 1. The average molecular weight is 426 g/mol. The van der Waals surface area contributed by atoms with Crippen LogP contribution in [0.25, 0.3) is 0 Å². The number of halogens is 1. The molecule has 9 heteroatoms. The molecule has 0 radical (unpaired) electrons. The first-order valence-corrected chi connectivity index (χ1v) is 10.5. The third-order valence-corrected chi connectivity index (χ3v) is 5.40. The topological polar surface area (TPSA) is 82.2 Å². The minimum Gasteiger partial charge on any atom is -0.476 e. The zero-order valence-electron chi connectivity index (χ0n) is 17.9. The predicted octanol–water partition coefficient (Wildman–Crippen LogP) is 1.68. The van der Waals surface area contributed by atoms with Crippen LogP contribution in [0.15, 0.2) is 12.1 Å². The highest BCUT2D eigenvalue weighted by atomic mass is 19.1. The molecule has 168 valence electrons. The van der Waals surface area contributed by atoms with E-state index in [0.717, 1.165) is 18.8 Å². The second kappa shape index (κ2) is 10.9. The molecule has 0 bridgehead atoms. The van der Waals surface area contributed by atoms with Gasteiger partial charge in [0, 0.05) is 26.1 Å². The molecule has 3 rings (SSSR count). The van der Waals surface area contributed by atoms with Crippen molar-refractivity contribution in [2.45, 2.75) is 26.0 Å². The van der Waals surface area contributed by atoms with Crippen molar-refractivity contribution < 1.29 is 28.1 Å². The summed E-state index contributed by atoms with van der Waals surface area (Å²) in [4.78, 5) is 19.4. The number of carbonyl (C=O) groups is 1. The molecule has 1 atom stereocenters. The first-order chi connectivity index (χ1) is 14.5. The maximum absolute atomic E-state index is 12.8. The van der Waals surface area contributed by atoms with E-state index in [-0.39, 0.29) is 42.9 Å². The van der Waals surface area contributed by atoms with Crippen LogP contribution in [-0.2, 0) is 14.2 Å². The summed E-state index contributed by atoms with van der Waals surface area (Å²) in [6.07, 6.45) is 0.192. The van der Waals surface area contributed by atoms with Gasteiger partial charge in [0.15, 0.2) is 0 Å². The Morgan fingerprint density at radius 3 is 2.73 bits per heavy atom. The summed E-state index contributed by atoms with van der Waals surface area (Å²) < 4.78 is 34.1. The van der Waals surface area contributed by atoms with Gasteiger partial charge in [0.1, 0.15) is 18.1 Å². The fraction of sp³-hybridized carbons (Fsp3) is 0.714. The van der Waals surface area contributed by atoms with Gasteiger partial charge < -0.3 is 29.2 Å². The third-order valence-electron chi connectivity index (χ3n) is 5.40. The molecule has 8 nitrogen and oxygen atoms in total. The maximum atomic E-state index is 12.8. The van der Waals surface area contributed by atoms with Gasteiger partial charge >= 0.3 is 0 Å². The zero-order chi connectivity index (χ0) is 21.5. The molecule has 3 heterocycles. The lowest BCUT2D eigenvalue weighted by Crippen LogP contribution is -2.52. The number of hydrogen-bond donors (Lipinski definition) is 1. The van der Waals surface area contributed by atoms with E-state index in [1.165, 1.54) is 0 Å². The van der Waals surface area contributed by atoms with E-state index in [0.29, 0.717) is 31.6 Å². The number of nitrogens with zero attached hydrogens (tertiary/aromatic N) is 2. The van der Waals surface area contributed by atoms with E-state index in [1.54, 1.807) is 13.2 Å². The molecule has 1 N–H and O–H groups in total. The molecule has 1 aromatic heterocycles. The Bertz CT molecular complexity index is 695. The number of ether oxygens (including phenoxy) is 4. The van der Waals surface area contributed by atoms with Crippen LogP contribution in [0.2, 0.25) is 0 Å². The lowest BCUT2D eigenvalue weighted by molar-refractivity contribution is -0.0514. The van der Waals surface area contributed by atoms with Gasteiger partial charge in [-0.15, -0.1) is 0 Å².